The standard InChI is InChI=1S/C61H86F2IN13O14/c1-43(60(89)76-29-27-71(28-30-76)18-3-4-31-91-47-12-13-50-49(34-47)48(14-16-66-50)58(87)68-37-54(80)77-42-61(62,63)35-46(77)36-65-2)69-59(88)51(15-32-90-33-17-67-52(78)7-5-6-44-8-10-45(64)11-9-44)70-53(79)38-72-19-21-73(39-55(81)82)23-25-75(41-57(85)86)26-24-74(22-20-72)40-56(83)84/h8-14,16,34,36,43,46,51H,3-7,15,17-33,35,37-42H2,1-2H3,(H,67,78)(H,68,87)(H,69,88)(H,70,79)(H,81,82)(H,83,84)(H,85,86)/t43-,46+,51-/m0/s1. The summed E-state index contributed by atoms with van der Waals surface area (Å²) in [7, 11) is 1.44. The molecule has 30 heteroatoms. The molecule has 0 bridgehead atoms. The van der Waals surface area contributed by atoms with Gasteiger partial charge >= 0.3 is 17.9 Å². The van der Waals surface area contributed by atoms with Crippen molar-refractivity contribution in [3.8, 4) is 5.75 Å². The predicted molar refractivity (Wildman–Crippen MR) is 340 cm³/mol. The van der Waals surface area contributed by atoms with Crippen molar-refractivity contribution in [1.82, 2.24) is 60.6 Å². The minimum Gasteiger partial charge on any atom is -0.494 e. The van der Waals surface area contributed by atoms with Crippen LogP contribution < -0.4 is 26.0 Å². The zero-order chi connectivity index (χ0) is 65.9. The Morgan fingerprint density at radius 1 is 0.725 bits per heavy atom. The second-order valence-corrected chi connectivity index (χ2v) is 24.1. The van der Waals surface area contributed by atoms with E-state index in [0.29, 0.717) is 68.7 Å². The minimum absolute atomic E-state index is 0.00483. The maximum Gasteiger partial charge on any atom is 0.317 e. The number of carbonyl (C=O) groups excluding carboxylic acids is 6. The van der Waals surface area contributed by atoms with Crippen LogP contribution in [0.5, 0.6) is 5.75 Å². The Labute approximate surface area is 541 Å². The monoisotopic (exact) mass is 1390 g/mol. The molecule has 3 aromatic rings. The van der Waals surface area contributed by atoms with E-state index in [-0.39, 0.29) is 122 Å². The lowest BCUT2D eigenvalue weighted by molar-refractivity contribution is -0.140. The molecule has 6 amide bonds. The highest BCUT2D eigenvalue weighted by Gasteiger charge is 2.46. The second-order valence-electron chi connectivity index (χ2n) is 22.9. The topological polar surface area (TPSA) is 329 Å². The third-order valence-corrected chi connectivity index (χ3v) is 16.5. The Kier molecular flexibility index (Phi) is 30.0. The Morgan fingerprint density at radius 2 is 1.33 bits per heavy atom. The number of hydrogen-bond acceptors (Lipinski definition) is 18. The number of likely N-dealkylation sites (tertiary alicyclic amines) is 1. The highest BCUT2D eigenvalue weighted by Crippen LogP contribution is 2.31. The first-order valence-electron chi connectivity index (χ1n) is 30.7. The van der Waals surface area contributed by atoms with Crippen molar-refractivity contribution in [3.63, 3.8) is 0 Å². The van der Waals surface area contributed by atoms with Crippen molar-refractivity contribution in [3.05, 3.63) is 69.4 Å². The van der Waals surface area contributed by atoms with Gasteiger partial charge < -0.3 is 55.9 Å². The number of pyridine rings is 1. The summed E-state index contributed by atoms with van der Waals surface area (Å²) < 4.78 is 41.3. The molecule has 0 radical (unpaired) electrons. The molecule has 27 nitrogen and oxygen atoms in total. The van der Waals surface area contributed by atoms with Gasteiger partial charge in [-0.15, -0.1) is 0 Å². The number of alkyl halides is 2. The number of hydrogen-bond donors (Lipinski definition) is 7. The lowest BCUT2D eigenvalue weighted by atomic mass is 10.1. The van der Waals surface area contributed by atoms with E-state index in [4.69, 9.17) is 9.47 Å². The number of aryl methyl sites for hydroxylation is 1. The van der Waals surface area contributed by atoms with Gasteiger partial charge in [-0.05, 0) is 110 Å². The Bertz CT molecular complexity index is 2930. The summed E-state index contributed by atoms with van der Waals surface area (Å²) in [5, 5.41) is 40.4. The minimum atomic E-state index is -3.06. The smallest absolute Gasteiger partial charge is 0.317 e. The van der Waals surface area contributed by atoms with Crippen LogP contribution in [0.4, 0.5) is 8.78 Å². The van der Waals surface area contributed by atoms with E-state index >= 15 is 0 Å². The molecule has 0 aliphatic carbocycles. The van der Waals surface area contributed by atoms with Gasteiger partial charge in [0.2, 0.25) is 29.5 Å². The second kappa shape index (κ2) is 37.4. The average Bonchev–Trinajstić information content (AvgIpc) is 2.09. The molecule has 3 atom stereocenters. The SMILES string of the molecule is CN=C[C@H]1CC(F)(F)CN1C(=O)CNC(=O)c1ccnc2ccc(OCCCCN3CCN(C(=O)[C@H](C)NC(=O)[C@H](CCOCCNC(=O)CCCc4ccc(I)cc4)NC(=O)CN4CCN(CC(=O)O)CCN(CC(=O)O)CCN(CC(=O)O)CC4)CC3)cc12. The number of carboxylic acid groups (broad SMARTS) is 3. The van der Waals surface area contributed by atoms with Crippen LogP contribution in [0, 0.1) is 3.57 Å². The Balaban J connectivity index is 0.981. The summed E-state index contributed by atoms with van der Waals surface area (Å²) in [5.41, 5.74) is 1.88. The molecular formula is C61H86F2IN13O14. The highest BCUT2D eigenvalue weighted by atomic mass is 127. The summed E-state index contributed by atoms with van der Waals surface area (Å²) >= 11 is 2.24. The molecule has 3 fully saturated rings. The average molecular weight is 1390 g/mol. The van der Waals surface area contributed by atoms with Gasteiger partial charge in [0, 0.05) is 133 Å². The van der Waals surface area contributed by atoms with E-state index in [1.807, 2.05) is 24.3 Å². The number of carboxylic acids is 3. The fraction of sp³-hybridized carbons (Fsp3) is 0.590. The van der Waals surface area contributed by atoms with Crippen molar-refractivity contribution in [1.29, 1.82) is 0 Å². The number of benzene rings is 2. The normalized spacial score (nSPS) is 18.2. The van der Waals surface area contributed by atoms with Crippen LogP contribution >= 0.6 is 22.6 Å². The molecule has 91 heavy (non-hydrogen) atoms. The largest absolute Gasteiger partial charge is 0.494 e. The first-order chi connectivity index (χ1) is 43.5. The molecule has 6 rings (SSSR count). The van der Waals surface area contributed by atoms with E-state index < -0.39 is 85.1 Å². The lowest BCUT2D eigenvalue weighted by Crippen LogP contribution is -2.57. The van der Waals surface area contributed by atoms with Gasteiger partial charge in [0.1, 0.15) is 17.8 Å². The van der Waals surface area contributed by atoms with Crippen LogP contribution in [0.1, 0.15) is 61.4 Å². The fourth-order valence-corrected chi connectivity index (χ4v) is 11.3. The molecule has 7 N–H and O–H groups in total. The highest BCUT2D eigenvalue weighted by molar-refractivity contribution is 14.1. The zero-order valence-corrected chi connectivity index (χ0v) is 53.9. The fourth-order valence-electron chi connectivity index (χ4n) is 10.9. The van der Waals surface area contributed by atoms with Gasteiger partial charge in [-0.2, -0.15) is 0 Å². The van der Waals surface area contributed by atoms with Gasteiger partial charge in [0.25, 0.3) is 11.8 Å². The van der Waals surface area contributed by atoms with Crippen molar-refractivity contribution in [2.75, 3.05) is 158 Å². The third-order valence-electron chi connectivity index (χ3n) is 15.8. The van der Waals surface area contributed by atoms with Gasteiger partial charge in [-0.25, -0.2) is 8.78 Å². The maximum atomic E-state index is 14.2. The van der Waals surface area contributed by atoms with Crippen molar-refractivity contribution in [2.24, 2.45) is 4.99 Å². The summed E-state index contributed by atoms with van der Waals surface area (Å²) in [5.74, 6) is -8.73. The zero-order valence-electron chi connectivity index (χ0n) is 51.7. The number of fused-ring (bicyclic) bond motifs is 1. The number of piperazine rings is 1. The van der Waals surface area contributed by atoms with Crippen molar-refractivity contribution in [2.45, 2.75) is 75.9 Å². The van der Waals surface area contributed by atoms with E-state index in [9.17, 15) is 67.3 Å². The Hall–Kier alpha value is -7.10. The number of unbranched alkanes of at least 4 members (excludes halogenated alkanes) is 1. The van der Waals surface area contributed by atoms with E-state index in [1.54, 1.807) is 49.6 Å². The van der Waals surface area contributed by atoms with Crippen LogP contribution in [0.2, 0.25) is 0 Å². The molecule has 500 valence electrons. The molecule has 2 aromatic carbocycles. The number of nitrogens with one attached hydrogen (secondary N) is 4. The first-order valence-corrected chi connectivity index (χ1v) is 31.8. The first kappa shape index (κ1) is 73.0. The van der Waals surface area contributed by atoms with E-state index in [2.05, 4.69) is 58.7 Å². The number of rotatable bonds is 32. The quantitative estimate of drug-likeness (QED) is 0.0258. The molecule has 3 aliphatic heterocycles. The van der Waals surface area contributed by atoms with E-state index in [0.717, 1.165) is 33.4 Å². The molecule has 0 spiro atoms. The summed E-state index contributed by atoms with van der Waals surface area (Å²) in [6.07, 6.45) is 5.41. The van der Waals surface area contributed by atoms with Gasteiger partial charge in [0.15, 0.2) is 0 Å². The van der Waals surface area contributed by atoms with Gasteiger partial charge in [-0.3, -0.25) is 77.6 Å². The van der Waals surface area contributed by atoms with Crippen molar-refractivity contribution >= 4 is 93.1 Å². The molecule has 0 unspecified atom stereocenters. The molecule has 4 heterocycles. The van der Waals surface area contributed by atoms with Gasteiger partial charge in [-0.1, -0.05) is 12.1 Å². The summed E-state index contributed by atoms with van der Waals surface area (Å²) in [6, 6.07) is 11.7. The third kappa shape index (κ3) is 25.8. The lowest BCUT2D eigenvalue weighted by Gasteiger charge is -2.36. The number of ether oxygens (including phenoxy) is 2. The molecule has 0 saturated carbocycles. The number of halogens is 3. The summed E-state index contributed by atoms with van der Waals surface area (Å²) in [4.78, 5) is 136. The van der Waals surface area contributed by atoms with Crippen LogP contribution in [0.25, 0.3) is 10.9 Å². The number of carbonyl (C=O) groups is 9. The molecule has 3 saturated heterocycles. The number of amides is 6. The maximum absolute atomic E-state index is 14.2. The van der Waals surface area contributed by atoms with E-state index in [1.165, 1.54) is 25.5 Å². The number of aliphatic imine (C=N–C) groups is 1. The summed E-state index contributed by atoms with van der Waals surface area (Å²) in [6.45, 7) is 3.86. The van der Waals surface area contributed by atoms with Crippen LogP contribution in [0.3, 0.4) is 0 Å². The predicted octanol–water partition coefficient (Wildman–Crippen LogP) is 0.820. The number of aromatic nitrogens is 1. The Morgan fingerprint density at radius 3 is 1.93 bits per heavy atom. The van der Waals surface area contributed by atoms with Gasteiger partial charge in [0.05, 0.1) is 69.6 Å². The molecule has 1 aromatic heterocycles. The molecule has 3 aliphatic rings. The van der Waals surface area contributed by atoms with Crippen molar-refractivity contribution < 1.29 is 76.7 Å². The number of nitrogens with zero attached hydrogens (tertiary/aromatic N) is 9. The van der Waals surface area contributed by atoms with Crippen LogP contribution in [-0.4, -0.2) is 296 Å². The van der Waals surface area contributed by atoms with Crippen LogP contribution in [0.15, 0.2) is 59.7 Å². The molecular weight excluding hydrogens is 1300 g/mol. The van der Waals surface area contributed by atoms with Crippen LogP contribution in [-0.2, 0) is 49.5 Å². The number of aliphatic carboxylic acids is 3.